The standard InChI is InChI=1S/C23H26F3N3O3/c1-2-15-32-20-10-6-5-9-19(20)27-21(30)16-28-11-13-29(14-12-28)22(31)17-7-3-4-8-18(17)23(24,25)26/h3-10H,2,11-16H2,1H3,(H,27,30). The van der Waals surface area contributed by atoms with Gasteiger partial charge in [0.1, 0.15) is 5.75 Å². The van der Waals surface area contributed by atoms with E-state index in [1.807, 2.05) is 17.9 Å². The average Bonchev–Trinajstić information content (AvgIpc) is 2.78. The highest BCUT2D eigenvalue weighted by Crippen LogP contribution is 2.32. The van der Waals surface area contributed by atoms with E-state index in [1.165, 1.54) is 23.1 Å². The minimum atomic E-state index is -4.59. The highest BCUT2D eigenvalue weighted by molar-refractivity contribution is 5.96. The Labute approximate surface area is 184 Å². The number of halogens is 3. The van der Waals surface area contributed by atoms with Gasteiger partial charge in [-0.2, -0.15) is 13.2 Å². The van der Waals surface area contributed by atoms with Gasteiger partial charge in [0.2, 0.25) is 5.91 Å². The van der Waals surface area contributed by atoms with E-state index in [4.69, 9.17) is 4.74 Å². The second-order valence-electron chi connectivity index (χ2n) is 7.50. The lowest BCUT2D eigenvalue weighted by atomic mass is 10.1. The molecular formula is C23H26F3N3O3. The Morgan fingerprint density at radius 1 is 1.00 bits per heavy atom. The van der Waals surface area contributed by atoms with Gasteiger partial charge in [0.25, 0.3) is 5.91 Å². The molecule has 0 radical (unpaired) electrons. The zero-order valence-corrected chi connectivity index (χ0v) is 17.8. The summed E-state index contributed by atoms with van der Waals surface area (Å²) in [6.45, 7) is 3.92. The first kappa shape index (κ1) is 23.6. The summed E-state index contributed by atoms with van der Waals surface area (Å²) < 4.78 is 45.3. The third-order valence-electron chi connectivity index (χ3n) is 5.11. The maximum absolute atomic E-state index is 13.2. The van der Waals surface area contributed by atoms with Crippen molar-refractivity contribution in [2.45, 2.75) is 19.5 Å². The molecule has 0 unspecified atom stereocenters. The lowest BCUT2D eigenvalue weighted by Gasteiger charge is -2.34. The van der Waals surface area contributed by atoms with Crippen molar-refractivity contribution >= 4 is 17.5 Å². The SMILES string of the molecule is CCCOc1ccccc1NC(=O)CN1CCN(C(=O)c2ccccc2C(F)(F)F)CC1. The number of nitrogens with one attached hydrogen (secondary N) is 1. The molecule has 0 atom stereocenters. The number of anilines is 1. The Bertz CT molecular complexity index is 941. The quantitative estimate of drug-likeness (QED) is 0.697. The van der Waals surface area contributed by atoms with E-state index < -0.39 is 17.6 Å². The summed E-state index contributed by atoms with van der Waals surface area (Å²) in [4.78, 5) is 28.4. The number of carbonyl (C=O) groups excluding carboxylic acids is 2. The molecule has 1 aliphatic heterocycles. The molecule has 0 saturated carbocycles. The molecule has 1 N–H and O–H groups in total. The van der Waals surface area contributed by atoms with Gasteiger partial charge in [0, 0.05) is 26.2 Å². The molecular weight excluding hydrogens is 423 g/mol. The first-order valence-corrected chi connectivity index (χ1v) is 10.5. The largest absolute Gasteiger partial charge is 0.491 e. The molecule has 32 heavy (non-hydrogen) atoms. The van der Waals surface area contributed by atoms with Crippen LogP contribution in [0.4, 0.5) is 18.9 Å². The molecule has 1 aliphatic rings. The van der Waals surface area contributed by atoms with Crippen molar-refractivity contribution in [1.82, 2.24) is 9.80 Å². The normalized spacial score (nSPS) is 14.8. The first-order chi connectivity index (χ1) is 15.3. The average molecular weight is 449 g/mol. The number of ether oxygens (including phenoxy) is 1. The monoisotopic (exact) mass is 449 g/mol. The van der Waals surface area contributed by atoms with Crippen molar-refractivity contribution in [3.63, 3.8) is 0 Å². The van der Waals surface area contributed by atoms with Crippen molar-refractivity contribution < 1.29 is 27.5 Å². The lowest BCUT2D eigenvalue weighted by Crippen LogP contribution is -2.50. The van der Waals surface area contributed by atoms with E-state index in [-0.39, 0.29) is 31.1 Å². The van der Waals surface area contributed by atoms with Crippen LogP contribution in [0.5, 0.6) is 5.75 Å². The summed E-state index contributed by atoms with van der Waals surface area (Å²) in [6, 6.07) is 12.0. The fraction of sp³-hybridized carbons (Fsp3) is 0.391. The second-order valence-corrected chi connectivity index (χ2v) is 7.50. The smallest absolute Gasteiger partial charge is 0.417 e. The zero-order chi connectivity index (χ0) is 23.1. The highest BCUT2D eigenvalue weighted by atomic mass is 19.4. The molecule has 1 heterocycles. The topological polar surface area (TPSA) is 61.9 Å². The summed E-state index contributed by atoms with van der Waals surface area (Å²) >= 11 is 0. The van der Waals surface area contributed by atoms with Crippen LogP contribution >= 0.6 is 0 Å². The van der Waals surface area contributed by atoms with Gasteiger partial charge in [-0.1, -0.05) is 31.2 Å². The van der Waals surface area contributed by atoms with Gasteiger partial charge in [-0.05, 0) is 30.7 Å². The number of amides is 2. The van der Waals surface area contributed by atoms with Crippen LogP contribution in [-0.4, -0.2) is 60.9 Å². The van der Waals surface area contributed by atoms with Crippen LogP contribution in [0.2, 0.25) is 0 Å². The fourth-order valence-corrected chi connectivity index (χ4v) is 3.50. The third kappa shape index (κ3) is 6.00. The Balaban J connectivity index is 1.55. The number of hydrogen-bond donors (Lipinski definition) is 1. The molecule has 3 rings (SSSR count). The number of carbonyl (C=O) groups is 2. The Morgan fingerprint density at radius 2 is 1.66 bits per heavy atom. The zero-order valence-electron chi connectivity index (χ0n) is 17.8. The number of benzene rings is 2. The maximum Gasteiger partial charge on any atom is 0.417 e. The van der Waals surface area contributed by atoms with E-state index >= 15 is 0 Å². The molecule has 0 aromatic heterocycles. The minimum absolute atomic E-state index is 0.114. The van der Waals surface area contributed by atoms with Crippen LogP contribution in [0.25, 0.3) is 0 Å². The highest BCUT2D eigenvalue weighted by Gasteiger charge is 2.36. The molecule has 2 amide bonds. The Kier molecular flexibility index (Phi) is 7.74. The minimum Gasteiger partial charge on any atom is -0.491 e. The molecule has 9 heteroatoms. The molecule has 172 valence electrons. The predicted octanol–water partition coefficient (Wildman–Crippen LogP) is 3.89. The molecule has 2 aromatic rings. The van der Waals surface area contributed by atoms with Crippen LogP contribution in [0.15, 0.2) is 48.5 Å². The fourth-order valence-electron chi connectivity index (χ4n) is 3.50. The van der Waals surface area contributed by atoms with Crippen molar-refractivity contribution in [3.05, 3.63) is 59.7 Å². The van der Waals surface area contributed by atoms with Gasteiger partial charge >= 0.3 is 6.18 Å². The molecule has 6 nitrogen and oxygen atoms in total. The second kappa shape index (κ2) is 10.5. The van der Waals surface area contributed by atoms with Gasteiger partial charge in [-0.25, -0.2) is 0 Å². The van der Waals surface area contributed by atoms with Crippen molar-refractivity contribution in [2.75, 3.05) is 44.6 Å². The predicted molar refractivity (Wildman–Crippen MR) is 115 cm³/mol. The van der Waals surface area contributed by atoms with E-state index in [9.17, 15) is 22.8 Å². The summed E-state index contributed by atoms with van der Waals surface area (Å²) in [5, 5.41) is 2.84. The Hall–Kier alpha value is -3.07. The molecule has 2 aromatic carbocycles. The molecule has 1 saturated heterocycles. The Morgan fingerprint density at radius 3 is 2.34 bits per heavy atom. The van der Waals surface area contributed by atoms with E-state index in [0.29, 0.717) is 31.1 Å². The van der Waals surface area contributed by atoms with E-state index in [1.54, 1.807) is 18.2 Å². The number of alkyl halides is 3. The van der Waals surface area contributed by atoms with Crippen LogP contribution in [0, 0.1) is 0 Å². The number of rotatable bonds is 7. The van der Waals surface area contributed by atoms with Crippen molar-refractivity contribution in [2.24, 2.45) is 0 Å². The van der Waals surface area contributed by atoms with E-state index in [2.05, 4.69) is 5.32 Å². The van der Waals surface area contributed by atoms with Gasteiger partial charge in [-0.3, -0.25) is 14.5 Å². The number of piperazine rings is 1. The molecule has 0 spiro atoms. The molecule has 0 bridgehead atoms. The van der Waals surface area contributed by atoms with Gasteiger partial charge < -0.3 is 15.0 Å². The number of para-hydroxylation sites is 2. The molecule has 0 aliphatic carbocycles. The van der Waals surface area contributed by atoms with Gasteiger partial charge in [0.15, 0.2) is 0 Å². The van der Waals surface area contributed by atoms with Crippen LogP contribution in [0.1, 0.15) is 29.3 Å². The summed E-state index contributed by atoms with van der Waals surface area (Å²) in [7, 11) is 0. The van der Waals surface area contributed by atoms with Crippen molar-refractivity contribution in [1.29, 1.82) is 0 Å². The first-order valence-electron chi connectivity index (χ1n) is 10.5. The lowest BCUT2D eigenvalue weighted by molar-refractivity contribution is -0.138. The number of nitrogens with zero attached hydrogens (tertiary/aromatic N) is 2. The summed E-state index contributed by atoms with van der Waals surface area (Å²) in [5.74, 6) is -0.273. The summed E-state index contributed by atoms with van der Waals surface area (Å²) in [6.07, 6.45) is -3.75. The van der Waals surface area contributed by atoms with Crippen LogP contribution in [0.3, 0.4) is 0 Å². The number of hydrogen-bond acceptors (Lipinski definition) is 4. The maximum atomic E-state index is 13.2. The third-order valence-corrected chi connectivity index (χ3v) is 5.11. The van der Waals surface area contributed by atoms with Crippen LogP contribution < -0.4 is 10.1 Å². The van der Waals surface area contributed by atoms with Gasteiger partial charge in [0.05, 0.1) is 30.0 Å². The van der Waals surface area contributed by atoms with Crippen molar-refractivity contribution in [3.8, 4) is 5.75 Å². The van der Waals surface area contributed by atoms with E-state index in [0.717, 1.165) is 12.5 Å². The van der Waals surface area contributed by atoms with Gasteiger partial charge in [-0.15, -0.1) is 0 Å². The molecule has 1 fully saturated rings. The summed E-state index contributed by atoms with van der Waals surface area (Å²) in [5.41, 5.74) is -0.700. The van der Waals surface area contributed by atoms with Crippen LogP contribution in [-0.2, 0) is 11.0 Å².